The van der Waals surface area contributed by atoms with Gasteiger partial charge in [0.15, 0.2) is 0 Å². The van der Waals surface area contributed by atoms with Gasteiger partial charge in [-0.2, -0.15) is 0 Å². The molecule has 0 saturated carbocycles. The first-order valence-corrected chi connectivity index (χ1v) is 26.2. The average molecular weight is 948 g/mol. The molecule has 13 rings (SSSR count). The normalized spacial score (nSPS) is 12.8. The Balaban J connectivity index is 1.12. The van der Waals surface area contributed by atoms with Crippen LogP contribution in [0.3, 0.4) is 0 Å². The Morgan fingerprint density at radius 1 is 0.333 bits per heavy atom. The molecule has 350 valence electrons. The van der Waals surface area contributed by atoms with Gasteiger partial charge in [-0.25, -0.2) is 9.97 Å². The van der Waals surface area contributed by atoms with E-state index in [9.17, 15) is 0 Å². The van der Waals surface area contributed by atoms with Gasteiger partial charge in [0.25, 0.3) is 0 Å². The smallest absolute Gasteiger partial charge is 0.235 e. The van der Waals surface area contributed by atoms with E-state index >= 15 is 0 Å². The van der Waals surface area contributed by atoms with Crippen LogP contribution in [0.25, 0.3) is 125 Å². The minimum atomic E-state index is 0.000737. The predicted molar refractivity (Wildman–Crippen MR) is 312 cm³/mol. The molecule has 3 aromatic heterocycles. The summed E-state index contributed by atoms with van der Waals surface area (Å²) in [7, 11) is 0. The van der Waals surface area contributed by atoms with Crippen molar-refractivity contribution in [1.82, 2.24) is 14.5 Å². The zero-order valence-electron chi connectivity index (χ0n) is 42.6. The Kier molecular flexibility index (Phi) is 9.79. The standard InChI is InChI=1S/C68H57N3S/c1-66(2,3)44-30-31-52-55(38-44)47-24-13-14-26-49(47)61-59(52)50-27-15-16-28-51(50)60-54-33-32-53-48-25-17-18-29-58(48)71(62(53)63(54)72-64(60)61)65-69-56(40-20-11-10-12-21-40)39-57(70-65)42-23-19-22-41(34-42)43-35-45(67(4,5)6)37-46(36-43)68(7,8)9/h10-39H,1-9H3. The highest BCUT2D eigenvalue weighted by molar-refractivity contribution is 7.28. The molecule has 4 heteroatoms. The maximum atomic E-state index is 5.64. The fourth-order valence-electron chi connectivity index (χ4n) is 11.3. The van der Waals surface area contributed by atoms with Gasteiger partial charge in [-0.15, -0.1) is 11.3 Å². The van der Waals surface area contributed by atoms with Crippen LogP contribution in [0.5, 0.6) is 0 Å². The molecule has 3 heterocycles. The fourth-order valence-corrected chi connectivity index (χ4v) is 12.7. The number of hydrogen-bond acceptors (Lipinski definition) is 3. The van der Waals surface area contributed by atoms with Gasteiger partial charge in [0.05, 0.1) is 27.1 Å². The summed E-state index contributed by atoms with van der Waals surface area (Å²) in [5, 5.41) is 15.3. The summed E-state index contributed by atoms with van der Waals surface area (Å²) < 4.78 is 4.90. The Morgan fingerprint density at radius 3 is 1.54 bits per heavy atom. The van der Waals surface area contributed by atoms with Gasteiger partial charge < -0.3 is 0 Å². The Hall–Kier alpha value is -7.66. The number of benzene rings is 10. The van der Waals surface area contributed by atoms with Crippen LogP contribution in [0, 0.1) is 0 Å². The lowest BCUT2D eigenvalue weighted by atomic mass is 9.79. The number of nitrogens with zero attached hydrogens (tertiary/aromatic N) is 3. The summed E-state index contributed by atoms with van der Waals surface area (Å²) in [5.41, 5.74) is 12.5. The average Bonchev–Trinajstić information content (AvgIpc) is 3.94. The molecule has 10 aromatic carbocycles. The van der Waals surface area contributed by atoms with E-state index in [2.05, 4.69) is 249 Å². The summed E-state index contributed by atoms with van der Waals surface area (Å²) in [6.07, 6.45) is 0. The molecule has 0 aliphatic rings. The van der Waals surface area contributed by atoms with Crippen molar-refractivity contribution in [3.63, 3.8) is 0 Å². The van der Waals surface area contributed by atoms with Crippen LogP contribution in [-0.4, -0.2) is 14.5 Å². The quantitative estimate of drug-likeness (QED) is 0.165. The SMILES string of the molecule is CC(C)(C)c1cc(-c2cccc(-c3cc(-c4ccccc4)nc(-n4c5ccccc5c5ccc6c(sc7c6c6ccccc6c6c8ccc(C(C)(C)C)cc8c8ccccc8c76)c54)n3)c2)cc(C(C)(C)C)c1. The molecule has 72 heavy (non-hydrogen) atoms. The molecule has 0 atom stereocenters. The molecule has 0 spiro atoms. The Labute approximate surface area is 425 Å². The topological polar surface area (TPSA) is 30.7 Å². The van der Waals surface area contributed by atoms with E-state index in [0.29, 0.717) is 5.95 Å². The highest BCUT2D eigenvalue weighted by Gasteiger charge is 2.26. The van der Waals surface area contributed by atoms with E-state index < -0.39 is 0 Å². The maximum Gasteiger partial charge on any atom is 0.235 e. The number of rotatable bonds is 4. The molecule has 0 N–H and O–H groups in total. The van der Waals surface area contributed by atoms with E-state index in [-0.39, 0.29) is 16.2 Å². The summed E-state index contributed by atoms with van der Waals surface area (Å²) >= 11 is 1.92. The minimum Gasteiger partial charge on any atom is -0.276 e. The molecule has 0 fully saturated rings. The molecule has 0 radical (unpaired) electrons. The van der Waals surface area contributed by atoms with Crippen LogP contribution >= 0.6 is 11.3 Å². The van der Waals surface area contributed by atoms with Crippen molar-refractivity contribution >= 4 is 96.4 Å². The fraction of sp³-hybridized carbons (Fsp3) is 0.176. The first-order chi connectivity index (χ1) is 34.6. The molecular formula is C68H57N3S. The largest absolute Gasteiger partial charge is 0.276 e. The maximum absolute atomic E-state index is 5.64. The van der Waals surface area contributed by atoms with Gasteiger partial charge in [-0.05, 0) is 106 Å². The third-order valence-corrected chi connectivity index (χ3v) is 16.4. The number of hydrogen-bond donors (Lipinski definition) is 0. The molecular weight excluding hydrogens is 891 g/mol. The first kappa shape index (κ1) is 44.3. The second kappa shape index (κ2) is 15.9. The van der Waals surface area contributed by atoms with Crippen molar-refractivity contribution in [2.45, 2.75) is 78.6 Å². The van der Waals surface area contributed by atoms with Gasteiger partial charge in [0.1, 0.15) is 0 Å². The van der Waals surface area contributed by atoms with Gasteiger partial charge in [0.2, 0.25) is 5.95 Å². The van der Waals surface area contributed by atoms with E-state index in [4.69, 9.17) is 9.97 Å². The van der Waals surface area contributed by atoms with Gasteiger partial charge in [-0.1, -0.05) is 220 Å². The molecule has 0 aliphatic carbocycles. The van der Waals surface area contributed by atoms with Crippen LogP contribution in [0.4, 0.5) is 0 Å². The lowest BCUT2D eigenvalue weighted by Crippen LogP contribution is -2.16. The summed E-state index contributed by atoms with van der Waals surface area (Å²) in [4.78, 5) is 11.2. The third-order valence-electron chi connectivity index (χ3n) is 15.2. The second-order valence-electron chi connectivity index (χ2n) is 23.0. The minimum absolute atomic E-state index is 0.000737. The lowest BCUT2D eigenvalue weighted by Gasteiger charge is -2.26. The number of para-hydroxylation sites is 1. The molecule has 0 amide bonds. The summed E-state index contributed by atoms with van der Waals surface area (Å²) in [6.45, 7) is 20.8. The third kappa shape index (κ3) is 6.98. The van der Waals surface area contributed by atoms with Crippen LogP contribution in [0.2, 0.25) is 0 Å². The molecule has 0 saturated heterocycles. The van der Waals surface area contributed by atoms with Crippen molar-refractivity contribution in [3.05, 3.63) is 199 Å². The van der Waals surface area contributed by atoms with E-state index in [0.717, 1.165) is 33.5 Å². The van der Waals surface area contributed by atoms with Crippen LogP contribution in [0.1, 0.15) is 79.0 Å². The van der Waals surface area contributed by atoms with Crippen LogP contribution in [0.15, 0.2) is 182 Å². The van der Waals surface area contributed by atoms with Crippen LogP contribution in [-0.2, 0) is 16.2 Å². The van der Waals surface area contributed by atoms with Gasteiger partial charge in [0, 0.05) is 42.8 Å². The monoisotopic (exact) mass is 947 g/mol. The lowest BCUT2D eigenvalue weighted by molar-refractivity contribution is 0.569. The van der Waals surface area contributed by atoms with Crippen molar-refractivity contribution in [2.75, 3.05) is 0 Å². The van der Waals surface area contributed by atoms with E-state index in [1.807, 2.05) is 11.3 Å². The van der Waals surface area contributed by atoms with Crippen LogP contribution < -0.4 is 0 Å². The molecule has 0 bridgehead atoms. The highest BCUT2D eigenvalue weighted by atomic mass is 32.1. The molecule has 3 nitrogen and oxygen atoms in total. The first-order valence-electron chi connectivity index (χ1n) is 25.4. The van der Waals surface area contributed by atoms with E-state index in [1.165, 1.54) is 102 Å². The van der Waals surface area contributed by atoms with Gasteiger partial charge in [-0.3, -0.25) is 4.57 Å². The predicted octanol–water partition coefficient (Wildman–Crippen LogP) is 19.4. The number of aromatic nitrogens is 3. The number of thiophene rings is 1. The van der Waals surface area contributed by atoms with Crippen molar-refractivity contribution < 1.29 is 0 Å². The highest BCUT2D eigenvalue weighted by Crippen LogP contribution is 2.51. The number of fused-ring (bicyclic) bond motifs is 17. The zero-order valence-corrected chi connectivity index (χ0v) is 43.4. The van der Waals surface area contributed by atoms with E-state index in [1.54, 1.807) is 0 Å². The zero-order chi connectivity index (χ0) is 49.4. The van der Waals surface area contributed by atoms with Crippen molar-refractivity contribution in [1.29, 1.82) is 0 Å². The Bertz CT molecular complexity index is 4340. The molecule has 0 unspecified atom stereocenters. The molecule has 0 aliphatic heterocycles. The summed E-state index contributed by atoms with van der Waals surface area (Å²) in [6, 6.07) is 67.7. The van der Waals surface area contributed by atoms with Crippen molar-refractivity contribution in [3.8, 4) is 39.6 Å². The molecule has 13 aromatic rings. The Morgan fingerprint density at radius 2 is 0.861 bits per heavy atom. The van der Waals surface area contributed by atoms with Crippen molar-refractivity contribution in [2.24, 2.45) is 0 Å². The summed E-state index contributed by atoms with van der Waals surface area (Å²) in [5.74, 6) is 0.651. The van der Waals surface area contributed by atoms with Gasteiger partial charge >= 0.3 is 0 Å². The second-order valence-corrected chi connectivity index (χ2v) is 24.1.